The largest absolute Gasteiger partial charge is 0.370 e. The predicted octanol–water partition coefficient (Wildman–Crippen LogP) is 3.42. The Hall–Kier alpha value is -1.92. The number of rotatable bonds is 7. The standard InChI is InChI=1S/C16H20FN5.ClH/c17-12-3-1-4-13(9-12)21-16-20-10-14(11-5-6-11)15(22-16)19-8-2-7-18;/h1,3-4,9-11H,2,5-8,18H2,(H2,19,20,21,22);1H. The number of halogens is 2. The van der Waals surface area contributed by atoms with Crippen LogP contribution in [0, 0.1) is 5.82 Å². The van der Waals surface area contributed by atoms with Gasteiger partial charge in [0, 0.05) is 24.0 Å². The van der Waals surface area contributed by atoms with Crippen LogP contribution >= 0.6 is 12.4 Å². The molecule has 3 rings (SSSR count). The van der Waals surface area contributed by atoms with Crippen LogP contribution in [-0.4, -0.2) is 23.1 Å². The molecule has 1 saturated carbocycles. The number of nitrogens with one attached hydrogen (secondary N) is 2. The van der Waals surface area contributed by atoms with Crippen LogP contribution in [0.25, 0.3) is 0 Å². The van der Waals surface area contributed by atoms with E-state index in [0.717, 1.165) is 24.3 Å². The van der Waals surface area contributed by atoms with Crippen molar-refractivity contribution < 1.29 is 4.39 Å². The lowest BCUT2D eigenvalue weighted by Crippen LogP contribution is -2.12. The van der Waals surface area contributed by atoms with E-state index in [-0.39, 0.29) is 18.2 Å². The van der Waals surface area contributed by atoms with Crippen molar-refractivity contribution >= 4 is 29.9 Å². The second kappa shape index (κ2) is 8.08. The maximum absolute atomic E-state index is 13.2. The van der Waals surface area contributed by atoms with Gasteiger partial charge in [-0.2, -0.15) is 4.98 Å². The van der Waals surface area contributed by atoms with E-state index in [1.807, 2.05) is 6.20 Å². The smallest absolute Gasteiger partial charge is 0.229 e. The first kappa shape index (κ1) is 17.4. The van der Waals surface area contributed by atoms with Crippen LogP contribution in [-0.2, 0) is 0 Å². The van der Waals surface area contributed by atoms with Gasteiger partial charge in [-0.05, 0) is 49.9 Å². The molecule has 1 aromatic heterocycles. The Kier molecular flexibility index (Phi) is 6.12. The molecule has 1 fully saturated rings. The Morgan fingerprint density at radius 3 is 2.83 bits per heavy atom. The summed E-state index contributed by atoms with van der Waals surface area (Å²) in [5.41, 5.74) is 7.31. The Morgan fingerprint density at radius 2 is 2.13 bits per heavy atom. The topological polar surface area (TPSA) is 75.9 Å². The average Bonchev–Trinajstić information content (AvgIpc) is 3.32. The van der Waals surface area contributed by atoms with Crippen molar-refractivity contribution in [3.05, 3.63) is 41.8 Å². The molecule has 0 saturated heterocycles. The van der Waals surface area contributed by atoms with E-state index in [4.69, 9.17) is 5.73 Å². The van der Waals surface area contributed by atoms with E-state index in [1.54, 1.807) is 12.1 Å². The minimum atomic E-state index is -0.291. The van der Waals surface area contributed by atoms with Crippen molar-refractivity contribution in [1.29, 1.82) is 0 Å². The van der Waals surface area contributed by atoms with Crippen molar-refractivity contribution in [3.63, 3.8) is 0 Å². The van der Waals surface area contributed by atoms with Gasteiger partial charge in [-0.3, -0.25) is 0 Å². The van der Waals surface area contributed by atoms with Gasteiger partial charge in [0.05, 0.1) is 0 Å². The lowest BCUT2D eigenvalue weighted by atomic mass is 10.2. The van der Waals surface area contributed by atoms with E-state index in [9.17, 15) is 4.39 Å². The van der Waals surface area contributed by atoms with E-state index >= 15 is 0 Å². The van der Waals surface area contributed by atoms with Gasteiger partial charge >= 0.3 is 0 Å². The summed E-state index contributed by atoms with van der Waals surface area (Å²) in [7, 11) is 0. The molecule has 0 unspecified atom stereocenters. The number of benzene rings is 1. The summed E-state index contributed by atoms with van der Waals surface area (Å²) in [4.78, 5) is 8.88. The van der Waals surface area contributed by atoms with Gasteiger partial charge in [0.1, 0.15) is 11.6 Å². The van der Waals surface area contributed by atoms with Gasteiger partial charge < -0.3 is 16.4 Å². The Morgan fingerprint density at radius 1 is 1.30 bits per heavy atom. The number of anilines is 3. The van der Waals surface area contributed by atoms with E-state index in [2.05, 4.69) is 20.6 Å². The second-order valence-corrected chi connectivity index (χ2v) is 5.48. The minimum Gasteiger partial charge on any atom is -0.370 e. The molecule has 5 nitrogen and oxygen atoms in total. The maximum Gasteiger partial charge on any atom is 0.229 e. The molecule has 0 bridgehead atoms. The fraction of sp³-hybridized carbons (Fsp3) is 0.375. The monoisotopic (exact) mass is 337 g/mol. The fourth-order valence-electron chi connectivity index (χ4n) is 2.29. The summed E-state index contributed by atoms with van der Waals surface area (Å²) in [5, 5.41) is 6.36. The highest BCUT2D eigenvalue weighted by molar-refractivity contribution is 5.85. The minimum absolute atomic E-state index is 0. The molecule has 0 radical (unpaired) electrons. The molecular weight excluding hydrogens is 317 g/mol. The highest BCUT2D eigenvalue weighted by Crippen LogP contribution is 2.42. The summed E-state index contributed by atoms with van der Waals surface area (Å²) in [5.74, 6) is 1.58. The lowest BCUT2D eigenvalue weighted by molar-refractivity contribution is 0.628. The molecule has 23 heavy (non-hydrogen) atoms. The molecule has 7 heteroatoms. The van der Waals surface area contributed by atoms with Crippen molar-refractivity contribution in [2.24, 2.45) is 5.73 Å². The zero-order chi connectivity index (χ0) is 15.4. The quantitative estimate of drug-likeness (QED) is 0.675. The summed E-state index contributed by atoms with van der Waals surface area (Å²) in [6.45, 7) is 1.43. The molecule has 1 heterocycles. The lowest BCUT2D eigenvalue weighted by Gasteiger charge is -2.12. The van der Waals surface area contributed by atoms with Gasteiger partial charge in [-0.25, -0.2) is 9.37 Å². The number of hydrogen-bond donors (Lipinski definition) is 3. The maximum atomic E-state index is 13.2. The van der Waals surface area contributed by atoms with Crippen LogP contribution in [0.15, 0.2) is 30.5 Å². The van der Waals surface area contributed by atoms with Crippen molar-refractivity contribution in [2.75, 3.05) is 23.7 Å². The van der Waals surface area contributed by atoms with E-state index in [0.29, 0.717) is 24.1 Å². The SMILES string of the molecule is Cl.NCCCNc1nc(Nc2cccc(F)c2)ncc1C1CC1. The zero-order valence-corrected chi connectivity index (χ0v) is 13.6. The molecular formula is C16H21ClFN5. The fourth-order valence-corrected chi connectivity index (χ4v) is 2.29. The molecule has 0 atom stereocenters. The third-order valence-corrected chi connectivity index (χ3v) is 3.59. The molecule has 1 aromatic carbocycles. The second-order valence-electron chi connectivity index (χ2n) is 5.48. The zero-order valence-electron chi connectivity index (χ0n) is 12.8. The molecule has 0 spiro atoms. The van der Waals surface area contributed by atoms with Gasteiger partial charge in [0.25, 0.3) is 0 Å². The molecule has 124 valence electrons. The third-order valence-electron chi connectivity index (χ3n) is 3.59. The third kappa shape index (κ3) is 4.77. The molecule has 0 aliphatic heterocycles. The van der Waals surface area contributed by atoms with Gasteiger partial charge in [0.15, 0.2) is 0 Å². The van der Waals surface area contributed by atoms with Crippen LogP contribution < -0.4 is 16.4 Å². The molecule has 4 N–H and O–H groups in total. The highest BCUT2D eigenvalue weighted by Gasteiger charge is 2.27. The Bertz CT molecular complexity index is 648. The van der Waals surface area contributed by atoms with Crippen LogP contribution in [0.1, 0.15) is 30.7 Å². The first-order chi connectivity index (χ1) is 10.8. The van der Waals surface area contributed by atoms with Crippen molar-refractivity contribution in [2.45, 2.75) is 25.2 Å². The summed E-state index contributed by atoms with van der Waals surface area (Å²) >= 11 is 0. The predicted molar refractivity (Wildman–Crippen MR) is 93.1 cm³/mol. The first-order valence-electron chi connectivity index (χ1n) is 7.60. The van der Waals surface area contributed by atoms with Crippen LogP contribution in [0.2, 0.25) is 0 Å². The number of nitrogens with zero attached hydrogens (tertiary/aromatic N) is 2. The van der Waals surface area contributed by atoms with Gasteiger partial charge in [-0.15, -0.1) is 12.4 Å². The van der Waals surface area contributed by atoms with Crippen LogP contribution in [0.3, 0.4) is 0 Å². The molecule has 2 aromatic rings. The van der Waals surface area contributed by atoms with Crippen LogP contribution in [0.5, 0.6) is 0 Å². The van der Waals surface area contributed by atoms with Crippen LogP contribution in [0.4, 0.5) is 21.8 Å². The Balaban J connectivity index is 0.00000192. The van der Waals surface area contributed by atoms with E-state index in [1.165, 1.54) is 25.0 Å². The van der Waals surface area contributed by atoms with Crippen molar-refractivity contribution in [1.82, 2.24) is 9.97 Å². The van der Waals surface area contributed by atoms with Gasteiger partial charge in [-0.1, -0.05) is 6.07 Å². The number of aromatic nitrogens is 2. The Labute approximate surface area is 141 Å². The normalized spacial score (nSPS) is 13.3. The van der Waals surface area contributed by atoms with Gasteiger partial charge in [0.2, 0.25) is 5.95 Å². The summed E-state index contributed by atoms with van der Waals surface area (Å²) < 4.78 is 13.2. The van der Waals surface area contributed by atoms with Crippen molar-refractivity contribution in [3.8, 4) is 0 Å². The average molecular weight is 338 g/mol. The highest BCUT2D eigenvalue weighted by atomic mass is 35.5. The molecule has 1 aliphatic rings. The number of nitrogens with two attached hydrogens (primary N) is 1. The summed E-state index contributed by atoms with van der Waals surface area (Å²) in [6.07, 6.45) is 5.12. The molecule has 0 amide bonds. The molecule has 1 aliphatic carbocycles. The summed E-state index contributed by atoms with van der Waals surface area (Å²) in [6, 6.07) is 6.25. The van der Waals surface area contributed by atoms with E-state index < -0.39 is 0 Å². The first-order valence-corrected chi connectivity index (χ1v) is 7.60. The number of hydrogen-bond acceptors (Lipinski definition) is 5.